The molecule has 1 saturated heterocycles. The zero-order valence-electron chi connectivity index (χ0n) is 10.8. The van der Waals surface area contributed by atoms with Gasteiger partial charge >= 0.3 is 0 Å². The van der Waals surface area contributed by atoms with Crippen LogP contribution >= 0.6 is 0 Å². The Labute approximate surface area is 112 Å². The molecule has 0 aliphatic carbocycles. The predicted octanol–water partition coefficient (Wildman–Crippen LogP) is 1.84. The van der Waals surface area contributed by atoms with Crippen molar-refractivity contribution in [2.45, 2.75) is 25.3 Å². The van der Waals surface area contributed by atoms with Gasteiger partial charge in [0.25, 0.3) is 0 Å². The number of amides is 1. The number of benzene rings is 1. The SMILES string of the molecule is O=C(NCCc1cc2ccccc2o1)C1CCCN1. The van der Waals surface area contributed by atoms with Gasteiger partial charge in [0, 0.05) is 18.4 Å². The molecule has 0 saturated carbocycles. The molecule has 1 unspecified atom stereocenters. The molecule has 2 aromatic rings. The van der Waals surface area contributed by atoms with Crippen LogP contribution in [0.15, 0.2) is 34.7 Å². The Bertz CT molecular complexity index is 537. The van der Waals surface area contributed by atoms with Gasteiger partial charge in [0.1, 0.15) is 11.3 Å². The quantitative estimate of drug-likeness (QED) is 0.880. The minimum atomic E-state index is -0.00401. The number of rotatable bonds is 4. The lowest BCUT2D eigenvalue weighted by molar-refractivity contribution is -0.122. The summed E-state index contributed by atoms with van der Waals surface area (Å²) in [7, 11) is 0. The number of furan rings is 1. The third-order valence-corrected chi connectivity index (χ3v) is 3.52. The second kappa shape index (κ2) is 5.45. The summed E-state index contributed by atoms with van der Waals surface area (Å²) in [6.07, 6.45) is 2.76. The average Bonchev–Trinajstić information content (AvgIpc) is 3.07. The zero-order chi connectivity index (χ0) is 13.1. The van der Waals surface area contributed by atoms with Crippen molar-refractivity contribution in [2.24, 2.45) is 0 Å². The molecule has 0 bridgehead atoms. The van der Waals surface area contributed by atoms with Crippen LogP contribution < -0.4 is 10.6 Å². The average molecular weight is 258 g/mol. The summed E-state index contributed by atoms with van der Waals surface area (Å²) in [5.74, 6) is 1.02. The van der Waals surface area contributed by atoms with Crippen LogP contribution in [0.3, 0.4) is 0 Å². The Morgan fingerprint density at radius 3 is 3.11 bits per heavy atom. The summed E-state index contributed by atoms with van der Waals surface area (Å²) in [6.45, 7) is 1.57. The fourth-order valence-corrected chi connectivity index (χ4v) is 2.50. The third-order valence-electron chi connectivity index (χ3n) is 3.52. The van der Waals surface area contributed by atoms with Gasteiger partial charge < -0.3 is 15.1 Å². The molecule has 4 nitrogen and oxygen atoms in total. The third kappa shape index (κ3) is 2.79. The maximum absolute atomic E-state index is 11.8. The molecule has 1 amide bonds. The molecule has 1 atom stereocenters. The van der Waals surface area contributed by atoms with Crippen molar-refractivity contribution in [3.8, 4) is 0 Å². The lowest BCUT2D eigenvalue weighted by Crippen LogP contribution is -2.41. The van der Waals surface area contributed by atoms with E-state index in [2.05, 4.69) is 10.6 Å². The van der Waals surface area contributed by atoms with Crippen molar-refractivity contribution in [1.82, 2.24) is 10.6 Å². The summed E-state index contributed by atoms with van der Waals surface area (Å²) in [5.41, 5.74) is 0.904. The smallest absolute Gasteiger partial charge is 0.237 e. The Kier molecular flexibility index (Phi) is 3.51. The molecule has 0 radical (unpaired) electrons. The van der Waals surface area contributed by atoms with Crippen molar-refractivity contribution in [3.05, 3.63) is 36.1 Å². The highest BCUT2D eigenvalue weighted by Gasteiger charge is 2.21. The summed E-state index contributed by atoms with van der Waals surface area (Å²) < 4.78 is 5.71. The molecular weight excluding hydrogens is 240 g/mol. The highest BCUT2D eigenvalue weighted by molar-refractivity contribution is 5.82. The van der Waals surface area contributed by atoms with Crippen molar-refractivity contribution >= 4 is 16.9 Å². The molecular formula is C15H18N2O2. The monoisotopic (exact) mass is 258 g/mol. The number of hydrogen-bond acceptors (Lipinski definition) is 3. The van der Waals surface area contributed by atoms with Crippen molar-refractivity contribution < 1.29 is 9.21 Å². The Morgan fingerprint density at radius 2 is 2.32 bits per heavy atom. The van der Waals surface area contributed by atoms with E-state index in [9.17, 15) is 4.79 Å². The van der Waals surface area contributed by atoms with Crippen LogP contribution in [0.2, 0.25) is 0 Å². The van der Waals surface area contributed by atoms with Gasteiger partial charge in [0.05, 0.1) is 6.04 Å². The fraction of sp³-hybridized carbons (Fsp3) is 0.400. The highest BCUT2D eigenvalue weighted by Crippen LogP contribution is 2.18. The number of para-hydroxylation sites is 1. The van der Waals surface area contributed by atoms with Crippen LogP contribution in [0.25, 0.3) is 11.0 Å². The zero-order valence-corrected chi connectivity index (χ0v) is 10.8. The molecule has 1 aliphatic heterocycles. The number of carbonyl (C=O) groups excluding carboxylic acids is 1. The summed E-state index contributed by atoms with van der Waals surface area (Å²) >= 11 is 0. The number of nitrogens with one attached hydrogen (secondary N) is 2. The van der Waals surface area contributed by atoms with E-state index < -0.39 is 0 Å². The standard InChI is InChI=1S/C15H18N2O2/c18-15(13-5-3-8-16-13)17-9-7-12-10-11-4-1-2-6-14(11)19-12/h1-2,4,6,10,13,16H,3,5,7-9H2,(H,17,18). The predicted molar refractivity (Wildman–Crippen MR) is 74.0 cm³/mol. The fourth-order valence-electron chi connectivity index (χ4n) is 2.50. The van der Waals surface area contributed by atoms with Gasteiger partial charge in [-0.2, -0.15) is 0 Å². The van der Waals surface area contributed by atoms with E-state index in [1.54, 1.807) is 0 Å². The first kappa shape index (κ1) is 12.2. The molecule has 2 heterocycles. The molecule has 1 fully saturated rings. The van der Waals surface area contributed by atoms with Gasteiger partial charge in [0.15, 0.2) is 0 Å². The Hall–Kier alpha value is -1.81. The molecule has 1 aromatic carbocycles. The van der Waals surface area contributed by atoms with E-state index in [1.165, 1.54) is 0 Å². The first-order chi connectivity index (χ1) is 9.33. The molecule has 3 rings (SSSR count). The Morgan fingerprint density at radius 1 is 1.42 bits per heavy atom. The molecule has 19 heavy (non-hydrogen) atoms. The summed E-state index contributed by atoms with van der Waals surface area (Å²) in [6, 6.07) is 9.98. The van der Waals surface area contributed by atoms with Gasteiger partial charge in [-0.3, -0.25) is 4.79 Å². The lowest BCUT2D eigenvalue weighted by Gasteiger charge is -2.10. The van der Waals surface area contributed by atoms with Crippen molar-refractivity contribution in [2.75, 3.05) is 13.1 Å². The van der Waals surface area contributed by atoms with Gasteiger partial charge in [-0.15, -0.1) is 0 Å². The number of fused-ring (bicyclic) bond motifs is 1. The molecule has 2 N–H and O–H groups in total. The molecule has 1 aromatic heterocycles. The second-order valence-corrected chi connectivity index (χ2v) is 4.94. The molecule has 4 heteroatoms. The van der Waals surface area contributed by atoms with Crippen LogP contribution in [0, 0.1) is 0 Å². The van der Waals surface area contributed by atoms with Gasteiger partial charge in [-0.05, 0) is 31.5 Å². The van der Waals surface area contributed by atoms with Crippen LogP contribution in [0.1, 0.15) is 18.6 Å². The van der Waals surface area contributed by atoms with Gasteiger partial charge in [-0.1, -0.05) is 18.2 Å². The number of hydrogen-bond donors (Lipinski definition) is 2. The topological polar surface area (TPSA) is 54.3 Å². The lowest BCUT2D eigenvalue weighted by atomic mass is 10.2. The van der Waals surface area contributed by atoms with Gasteiger partial charge in [-0.25, -0.2) is 0 Å². The van der Waals surface area contributed by atoms with Crippen LogP contribution in [0.5, 0.6) is 0 Å². The van der Waals surface area contributed by atoms with E-state index >= 15 is 0 Å². The van der Waals surface area contributed by atoms with E-state index in [0.29, 0.717) is 6.54 Å². The molecule has 1 aliphatic rings. The van der Waals surface area contributed by atoms with Crippen LogP contribution in [0.4, 0.5) is 0 Å². The van der Waals surface area contributed by atoms with Crippen molar-refractivity contribution in [3.63, 3.8) is 0 Å². The normalized spacial score (nSPS) is 18.8. The van der Waals surface area contributed by atoms with Crippen LogP contribution in [-0.4, -0.2) is 25.0 Å². The van der Waals surface area contributed by atoms with E-state index in [0.717, 1.165) is 42.5 Å². The molecule has 100 valence electrons. The van der Waals surface area contributed by atoms with Crippen LogP contribution in [-0.2, 0) is 11.2 Å². The van der Waals surface area contributed by atoms with E-state index in [1.807, 2.05) is 30.3 Å². The number of carbonyl (C=O) groups is 1. The first-order valence-corrected chi connectivity index (χ1v) is 6.81. The molecule has 0 spiro atoms. The minimum Gasteiger partial charge on any atom is -0.461 e. The maximum atomic E-state index is 11.8. The highest BCUT2D eigenvalue weighted by atomic mass is 16.3. The summed E-state index contributed by atoms with van der Waals surface area (Å²) in [4.78, 5) is 11.8. The van der Waals surface area contributed by atoms with Crippen molar-refractivity contribution in [1.29, 1.82) is 0 Å². The maximum Gasteiger partial charge on any atom is 0.237 e. The minimum absolute atomic E-state index is 0.00401. The Balaban J connectivity index is 1.53. The second-order valence-electron chi connectivity index (χ2n) is 4.94. The van der Waals surface area contributed by atoms with Gasteiger partial charge in [0.2, 0.25) is 5.91 Å². The largest absolute Gasteiger partial charge is 0.461 e. The first-order valence-electron chi connectivity index (χ1n) is 6.81. The van der Waals surface area contributed by atoms with E-state index in [4.69, 9.17) is 4.42 Å². The van der Waals surface area contributed by atoms with E-state index in [-0.39, 0.29) is 11.9 Å². The summed E-state index contributed by atoms with van der Waals surface area (Å²) in [5, 5.41) is 7.26.